The molecule has 2 heteroatoms. The Kier molecular flexibility index (Phi) is 3.46. The minimum Gasteiger partial charge on any atom is -0.371 e. The van der Waals surface area contributed by atoms with Crippen LogP contribution in [0.2, 0.25) is 0 Å². The fourth-order valence-electron chi connectivity index (χ4n) is 1.31. The van der Waals surface area contributed by atoms with Crippen LogP contribution in [0, 0.1) is 0 Å². The van der Waals surface area contributed by atoms with Gasteiger partial charge in [0, 0.05) is 6.42 Å². The molecule has 0 aliphatic carbocycles. The van der Waals surface area contributed by atoms with Crippen LogP contribution >= 0.6 is 0 Å². The van der Waals surface area contributed by atoms with Crippen molar-refractivity contribution in [3.8, 4) is 0 Å². The van der Waals surface area contributed by atoms with E-state index in [1.54, 1.807) is 0 Å². The topological polar surface area (TPSA) is 29.5 Å². The van der Waals surface area contributed by atoms with Crippen LogP contribution in [0.15, 0.2) is 30.3 Å². The number of benzene rings is 1. The van der Waals surface area contributed by atoms with Crippen LogP contribution in [-0.2, 0) is 11.2 Å². The quantitative estimate of drug-likeness (QED) is 0.718. The first kappa shape index (κ1) is 10.2. The molecule has 0 bridgehead atoms. The molecule has 72 valence electrons. The van der Waals surface area contributed by atoms with Crippen molar-refractivity contribution >= 4 is 0 Å². The molecule has 2 nitrogen and oxygen atoms in total. The SMILES string of the molecule is CC(C)(Cc1ccccc1)OCO. The predicted octanol–water partition coefficient (Wildman–Crippen LogP) is 1.97. The largest absolute Gasteiger partial charge is 0.371 e. The molecular weight excluding hydrogens is 164 g/mol. The van der Waals surface area contributed by atoms with Gasteiger partial charge in [0.1, 0.15) is 6.79 Å². The lowest BCUT2D eigenvalue weighted by Crippen LogP contribution is -2.27. The van der Waals surface area contributed by atoms with Crippen LogP contribution < -0.4 is 0 Å². The summed E-state index contributed by atoms with van der Waals surface area (Å²) in [6.45, 7) is 3.71. The summed E-state index contributed by atoms with van der Waals surface area (Å²) in [6.07, 6.45) is 0.814. The van der Waals surface area contributed by atoms with Gasteiger partial charge in [0.2, 0.25) is 0 Å². The maximum Gasteiger partial charge on any atom is 0.144 e. The van der Waals surface area contributed by atoms with Gasteiger partial charge < -0.3 is 9.84 Å². The van der Waals surface area contributed by atoms with Gasteiger partial charge in [-0.2, -0.15) is 0 Å². The molecule has 1 aromatic carbocycles. The van der Waals surface area contributed by atoms with Crippen LogP contribution in [-0.4, -0.2) is 17.5 Å². The highest BCUT2D eigenvalue weighted by Gasteiger charge is 2.18. The number of aliphatic hydroxyl groups excluding tert-OH is 1. The third-order valence-electron chi connectivity index (χ3n) is 1.93. The molecule has 1 N–H and O–H groups in total. The summed E-state index contributed by atoms with van der Waals surface area (Å²) in [5, 5.41) is 8.66. The smallest absolute Gasteiger partial charge is 0.144 e. The van der Waals surface area contributed by atoms with Crippen molar-refractivity contribution < 1.29 is 9.84 Å². The van der Waals surface area contributed by atoms with Crippen molar-refractivity contribution in [2.75, 3.05) is 6.79 Å². The number of aliphatic hydroxyl groups is 1. The summed E-state index contributed by atoms with van der Waals surface area (Å²) in [5.74, 6) is 0. The molecule has 0 aromatic heterocycles. The van der Waals surface area contributed by atoms with Gasteiger partial charge in [-0.1, -0.05) is 30.3 Å². The monoisotopic (exact) mass is 180 g/mol. The maximum atomic E-state index is 8.66. The molecule has 0 spiro atoms. The van der Waals surface area contributed by atoms with Crippen molar-refractivity contribution in [1.29, 1.82) is 0 Å². The highest BCUT2D eigenvalue weighted by molar-refractivity contribution is 5.16. The molecule has 0 saturated heterocycles. The van der Waals surface area contributed by atoms with Gasteiger partial charge in [-0.05, 0) is 19.4 Å². The Morgan fingerprint density at radius 1 is 1.23 bits per heavy atom. The van der Waals surface area contributed by atoms with Crippen LogP contribution in [0.25, 0.3) is 0 Å². The lowest BCUT2D eigenvalue weighted by Gasteiger charge is -2.23. The van der Waals surface area contributed by atoms with Crippen LogP contribution in [0.1, 0.15) is 19.4 Å². The van der Waals surface area contributed by atoms with Crippen molar-refractivity contribution in [1.82, 2.24) is 0 Å². The second-order valence-electron chi connectivity index (χ2n) is 3.70. The maximum absolute atomic E-state index is 8.66. The molecule has 0 fully saturated rings. The summed E-state index contributed by atoms with van der Waals surface area (Å²) in [7, 11) is 0. The van der Waals surface area contributed by atoms with Gasteiger partial charge in [-0.3, -0.25) is 0 Å². The lowest BCUT2D eigenvalue weighted by molar-refractivity contribution is -0.0969. The minimum atomic E-state index is -0.296. The highest BCUT2D eigenvalue weighted by Crippen LogP contribution is 2.16. The van der Waals surface area contributed by atoms with Crippen molar-refractivity contribution in [2.24, 2.45) is 0 Å². The van der Waals surface area contributed by atoms with Crippen LogP contribution in [0.4, 0.5) is 0 Å². The van der Waals surface area contributed by atoms with Crippen LogP contribution in [0.5, 0.6) is 0 Å². The van der Waals surface area contributed by atoms with Gasteiger partial charge >= 0.3 is 0 Å². The van der Waals surface area contributed by atoms with E-state index in [4.69, 9.17) is 9.84 Å². The third-order valence-corrected chi connectivity index (χ3v) is 1.93. The zero-order valence-corrected chi connectivity index (χ0v) is 8.16. The molecule has 1 aromatic rings. The Balaban J connectivity index is 2.58. The first-order chi connectivity index (χ1) is 6.14. The highest BCUT2D eigenvalue weighted by atomic mass is 16.6. The van der Waals surface area contributed by atoms with E-state index in [1.807, 2.05) is 32.0 Å². The molecule has 13 heavy (non-hydrogen) atoms. The molecule has 0 heterocycles. The van der Waals surface area contributed by atoms with E-state index in [0.29, 0.717) is 0 Å². The summed E-state index contributed by atoms with van der Waals surface area (Å²) in [4.78, 5) is 0. The number of ether oxygens (including phenoxy) is 1. The summed E-state index contributed by atoms with van der Waals surface area (Å²) in [6, 6.07) is 10.1. The third kappa shape index (κ3) is 3.57. The first-order valence-electron chi connectivity index (χ1n) is 4.43. The Morgan fingerprint density at radius 3 is 2.38 bits per heavy atom. The van der Waals surface area contributed by atoms with E-state index in [2.05, 4.69) is 12.1 Å². The van der Waals surface area contributed by atoms with Gasteiger partial charge in [0.25, 0.3) is 0 Å². The molecule has 0 aliphatic rings. The van der Waals surface area contributed by atoms with E-state index in [-0.39, 0.29) is 12.4 Å². The van der Waals surface area contributed by atoms with Crippen molar-refractivity contribution in [2.45, 2.75) is 25.9 Å². The van der Waals surface area contributed by atoms with Crippen molar-refractivity contribution in [3.05, 3.63) is 35.9 Å². The molecular formula is C11H16O2. The molecule has 0 atom stereocenters. The zero-order valence-electron chi connectivity index (χ0n) is 8.16. The molecule has 1 rings (SSSR count). The second-order valence-corrected chi connectivity index (χ2v) is 3.70. The molecule has 0 amide bonds. The average Bonchev–Trinajstić information content (AvgIpc) is 2.04. The Bertz CT molecular complexity index is 242. The van der Waals surface area contributed by atoms with E-state index >= 15 is 0 Å². The molecule has 0 unspecified atom stereocenters. The minimum absolute atomic E-state index is 0.222. The fourth-order valence-corrected chi connectivity index (χ4v) is 1.31. The van der Waals surface area contributed by atoms with Gasteiger partial charge in [0.05, 0.1) is 5.60 Å². The standard InChI is InChI=1S/C11H16O2/c1-11(2,13-9-12)8-10-6-4-3-5-7-10/h3-7,12H,8-9H2,1-2H3. The summed E-state index contributed by atoms with van der Waals surface area (Å²) in [5.41, 5.74) is 0.928. The number of hydrogen-bond donors (Lipinski definition) is 1. The van der Waals surface area contributed by atoms with E-state index in [0.717, 1.165) is 6.42 Å². The number of hydrogen-bond acceptors (Lipinski definition) is 2. The van der Waals surface area contributed by atoms with Gasteiger partial charge in [-0.15, -0.1) is 0 Å². The zero-order chi connectivity index (χ0) is 9.73. The summed E-state index contributed by atoms with van der Waals surface area (Å²) < 4.78 is 5.19. The Morgan fingerprint density at radius 2 is 1.85 bits per heavy atom. The molecule has 0 saturated carbocycles. The Labute approximate surface area is 79.2 Å². The van der Waals surface area contributed by atoms with E-state index in [1.165, 1.54) is 5.56 Å². The number of rotatable bonds is 4. The van der Waals surface area contributed by atoms with E-state index < -0.39 is 0 Å². The van der Waals surface area contributed by atoms with E-state index in [9.17, 15) is 0 Å². The van der Waals surface area contributed by atoms with Gasteiger partial charge in [-0.25, -0.2) is 0 Å². The average molecular weight is 180 g/mol. The van der Waals surface area contributed by atoms with Crippen LogP contribution in [0.3, 0.4) is 0 Å². The first-order valence-corrected chi connectivity index (χ1v) is 4.43. The normalized spacial score (nSPS) is 11.6. The van der Waals surface area contributed by atoms with Gasteiger partial charge in [0.15, 0.2) is 0 Å². The Hall–Kier alpha value is -0.860. The molecule has 0 radical (unpaired) electrons. The van der Waals surface area contributed by atoms with Crippen molar-refractivity contribution in [3.63, 3.8) is 0 Å². The lowest BCUT2D eigenvalue weighted by atomic mass is 9.99. The predicted molar refractivity (Wildman–Crippen MR) is 52.4 cm³/mol. The second kappa shape index (κ2) is 4.40. The summed E-state index contributed by atoms with van der Waals surface area (Å²) >= 11 is 0. The molecule has 0 aliphatic heterocycles. The fraction of sp³-hybridized carbons (Fsp3) is 0.455.